The molecule has 0 bridgehead atoms. The van der Waals surface area contributed by atoms with Crippen LogP contribution >= 0.6 is 11.8 Å². The van der Waals surface area contributed by atoms with Gasteiger partial charge in [0.15, 0.2) is 11.0 Å². The smallest absolute Gasteiger partial charge is 0.307 e. The van der Waals surface area contributed by atoms with Gasteiger partial charge in [0.1, 0.15) is 30.5 Å². The van der Waals surface area contributed by atoms with Crippen molar-refractivity contribution < 1.29 is 14.4 Å². The normalized spacial score (nSPS) is 10.7. The van der Waals surface area contributed by atoms with E-state index in [1.807, 2.05) is 35.9 Å². The molecule has 11 heteroatoms. The fourth-order valence-corrected chi connectivity index (χ4v) is 2.84. The van der Waals surface area contributed by atoms with E-state index in [9.17, 15) is 10.1 Å². The van der Waals surface area contributed by atoms with Crippen LogP contribution < -0.4 is 9.47 Å². The second-order valence-electron chi connectivity index (χ2n) is 5.19. The molecule has 136 valence electrons. The minimum Gasteiger partial charge on any atom is -0.497 e. The monoisotopic (exact) mass is 376 g/mol. The zero-order chi connectivity index (χ0) is 18.5. The molecule has 0 aliphatic rings. The highest BCUT2D eigenvalue weighted by Crippen LogP contribution is 2.21. The van der Waals surface area contributed by atoms with Crippen molar-refractivity contribution in [2.45, 2.75) is 17.6 Å². The number of ether oxygens (including phenoxy) is 2. The van der Waals surface area contributed by atoms with E-state index in [1.54, 1.807) is 7.11 Å². The predicted octanol–water partition coefficient (Wildman–Crippen LogP) is 2.26. The maximum absolute atomic E-state index is 10.7. The van der Waals surface area contributed by atoms with Crippen LogP contribution in [0.25, 0.3) is 0 Å². The van der Waals surface area contributed by atoms with Crippen molar-refractivity contribution in [2.75, 3.05) is 7.11 Å². The first-order valence-electron chi connectivity index (χ1n) is 7.51. The number of rotatable bonds is 8. The molecule has 0 fully saturated rings. The van der Waals surface area contributed by atoms with E-state index < -0.39 is 4.92 Å². The average Bonchev–Trinajstić information content (AvgIpc) is 3.26. The maximum atomic E-state index is 10.7. The topological polar surface area (TPSA) is 110 Å². The van der Waals surface area contributed by atoms with Crippen LogP contribution in [0.2, 0.25) is 0 Å². The third-order valence-electron chi connectivity index (χ3n) is 3.51. The van der Waals surface area contributed by atoms with E-state index in [0.29, 0.717) is 22.6 Å². The first-order valence-corrected chi connectivity index (χ1v) is 8.50. The average molecular weight is 376 g/mol. The van der Waals surface area contributed by atoms with E-state index in [0.717, 1.165) is 5.75 Å². The number of benzene rings is 1. The van der Waals surface area contributed by atoms with Gasteiger partial charge in [0.2, 0.25) is 0 Å². The highest BCUT2D eigenvalue weighted by atomic mass is 32.2. The standard InChI is InChI=1S/C15H16N6O4S/c1-19-14(9-25-13-5-3-12(24-2)4-6-13)17-18-15(19)26-10-20-8-11(7-16-20)21(22)23/h3-8H,9-10H2,1-2H3. The van der Waals surface area contributed by atoms with Gasteiger partial charge in [-0.15, -0.1) is 10.2 Å². The van der Waals surface area contributed by atoms with Gasteiger partial charge in [-0.25, -0.2) is 0 Å². The van der Waals surface area contributed by atoms with Crippen LogP contribution in [0.4, 0.5) is 5.69 Å². The fourth-order valence-electron chi connectivity index (χ4n) is 2.06. The Kier molecular flexibility index (Phi) is 5.37. The van der Waals surface area contributed by atoms with Gasteiger partial charge in [0.25, 0.3) is 0 Å². The largest absolute Gasteiger partial charge is 0.497 e. The Morgan fingerprint density at radius 3 is 2.62 bits per heavy atom. The molecule has 1 aromatic carbocycles. The summed E-state index contributed by atoms with van der Waals surface area (Å²) in [4.78, 5) is 10.2. The van der Waals surface area contributed by atoms with Crippen molar-refractivity contribution in [1.29, 1.82) is 0 Å². The van der Waals surface area contributed by atoms with E-state index in [4.69, 9.17) is 9.47 Å². The first kappa shape index (κ1) is 17.7. The Labute approximate surface area is 152 Å². The molecule has 0 aliphatic carbocycles. The van der Waals surface area contributed by atoms with Crippen LogP contribution in [0.5, 0.6) is 11.5 Å². The molecule has 2 aromatic heterocycles. The number of nitrogens with zero attached hydrogens (tertiary/aromatic N) is 6. The Hall–Kier alpha value is -3.08. The molecular formula is C15H16N6O4S. The van der Waals surface area contributed by atoms with Crippen molar-refractivity contribution in [1.82, 2.24) is 24.5 Å². The van der Waals surface area contributed by atoms with Crippen molar-refractivity contribution in [3.63, 3.8) is 0 Å². The number of methoxy groups -OCH3 is 1. The zero-order valence-corrected chi connectivity index (χ0v) is 14.9. The highest BCUT2D eigenvalue weighted by molar-refractivity contribution is 7.98. The molecule has 3 aromatic rings. The van der Waals surface area contributed by atoms with Gasteiger partial charge in [-0.2, -0.15) is 5.10 Å². The third kappa shape index (κ3) is 4.11. The summed E-state index contributed by atoms with van der Waals surface area (Å²) in [6.45, 7) is 0.267. The van der Waals surface area contributed by atoms with Crippen LogP contribution in [-0.4, -0.2) is 36.6 Å². The van der Waals surface area contributed by atoms with Crippen molar-refractivity contribution in [3.05, 3.63) is 52.6 Å². The lowest BCUT2D eigenvalue weighted by Gasteiger charge is -2.07. The summed E-state index contributed by atoms with van der Waals surface area (Å²) in [5.74, 6) is 2.51. The molecule has 2 heterocycles. The summed E-state index contributed by atoms with van der Waals surface area (Å²) in [6.07, 6.45) is 2.59. The molecule has 0 saturated heterocycles. The molecule has 0 spiro atoms. The third-order valence-corrected chi connectivity index (χ3v) is 4.52. The minimum atomic E-state index is -0.481. The van der Waals surface area contributed by atoms with Gasteiger partial charge < -0.3 is 14.0 Å². The molecular weight excluding hydrogens is 360 g/mol. The molecule has 0 atom stereocenters. The molecule has 0 aliphatic heterocycles. The van der Waals surface area contributed by atoms with Crippen LogP contribution in [0.1, 0.15) is 5.82 Å². The summed E-state index contributed by atoms with van der Waals surface area (Å²) in [5.41, 5.74) is -0.0443. The molecule has 0 N–H and O–H groups in total. The molecule has 0 saturated carbocycles. The van der Waals surface area contributed by atoms with Gasteiger partial charge >= 0.3 is 5.69 Å². The van der Waals surface area contributed by atoms with E-state index in [-0.39, 0.29) is 12.3 Å². The predicted molar refractivity (Wildman–Crippen MR) is 93.1 cm³/mol. The fraction of sp³-hybridized carbons (Fsp3) is 0.267. The Bertz CT molecular complexity index is 892. The lowest BCUT2D eigenvalue weighted by Crippen LogP contribution is -2.04. The molecule has 3 rings (SSSR count). The zero-order valence-electron chi connectivity index (χ0n) is 14.1. The van der Waals surface area contributed by atoms with Gasteiger partial charge in [-0.05, 0) is 24.3 Å². The number of hydrogen-bond donors (Lipinski definition) is 0. The van der Waals surface area contributed by atoms with Gasteiger partial charge in [-0.1, -0.05) is 11.8 Å². The number of hydrogen-bond acceptors (Lipinski definition) is 8. The Balaban J connectivity index is 1.57. The lowest BCUT2D eigenvalue weighted by molar-refractivity contribution is -0.385. The Morgan fingerprint density at radius 1 is 1.23 bits per heavy atom. The Morgan fingerprint density at radius 2 is 1.96 bits per heavy atom. The number of thioether (sulfide) groups is 1. The van der Waals surface area contributed by atoms with Gasteiger partial charge in [-0.3, -0.25) is 14.8 Å². The van der Waals surface area contributed by atoms with Crippen LogP contribution in [0, 0.1) is 10.1 Å². The molecule has 26 heavy (non-hydrogen) atoms. The maximum Gasteiger partial charge on any atom is 0.307 e. The summed E-state index contributed by atoms with van der Waals surface area (Å²) in [5, 5.41) is 23.5. The van der Waals surface area contributed by atoms with E-state index in [1.165, 1.54) is 28.8 Å². The minimum absolute atomic E-state index is 0.0443. The van der Waals surface area contributed by atoms with Crippen LogP contribution in [-0.2, 0) is 19.5 Å². The van der Waals surface area contributed by atoms with Crippen LogP contribution in [0.3, 0.4) is 0 Å². The molecule has 10 nitrogen and oxygen atoms in total. The SMILES string of the molecule is COc1ccc(OCc2nnc(SCn3cc([N+](=O)[O-])cn3)n2C)cc1. The van der Waals surface area contributed by atoms with Crippen molar-refractivity contribution >= 4 is 17.4 Å². The molecule has 0 amide bonds. The second-order valence-corrected chi connectivity index (χ2v) is 6.10. The van der Waals surface area contributed by atoms with Crippen molar-refractivity contribution in [3.8, 4) is 11.5 Å². The van der Waals surface area contributed by atoms with E-state index in [2.05, 4.69) is 15.3 Å². The summed E-state index contributed by atoms with van der Waals surface area (Å²) < 4.78 is 14.1. The number of nitro groups is 1. The lowest BCUT2D eigenvalue weighted by atomic mass is 10.3. The highest BCUT2D eigenvalue weighted by Gasteiger charge is 2.12. The quantitative estimate of drug-likeness (QED) is 0.334. The van der Waals surface area contributed by atoms with Crippen LogP contribution in [0.15, 0.2) is 41.8 Å². The second kappa shape index (κ2) is 7.87. The first-order chi connectivity index (χ1) is 12.6. The summed E-state index contributed by atoms with van der Waals surface area (Å²) in [7, 11) is 3.44. The molecule has 0 radical (unpaired) electrons. The summed E-state index contributed by atoms with van der Waals surface area (Å²) in [6, 6.07) is 7.26. The van der Waals surface area contributed by atoms with Gasteiger partial charge in [0.05, 0.1) is 17.9 Å². The van der Waals surface area contributed by atoms with Crippen molar-refractivity contribution in [2.24, 2.45) is 7.05 Å². The molecule has 0 unspecified atom stereocenters. The summed E-state index contributed by atoms with van der Waals surface area (Å²) >= 11 is 1.37. The van der Waals surface area contributed by atoms with E-state index >= 15 is 0 Å². The number of aromatic nitrogens is 5. The van der Waals surface area contributed by atoms with Gasteiger partial charge in [0, 0.05) is 7.05 Å².